The van der Waals surface area contributed by atoms with Gasteiger partial charge in [0.2, 0.25) is 0 Å². The van der Waals surface area contributed by atoms with Crippen LogP contribution in [0.15, 0.2) is 66.6 Å². The zero-order valence-corrected chi connectivity index (χ0v) is 16.5. The number of hydrogen-bond donors (Lipinski definition) is 1. The fourth-order valence-corrected chi connectivity index (χ4v) is 4.54. The third-order valence-electron chi connectivity index (χ3n) is 5.22. The molecule has 29 heavy (non-hydrogen) atoms. The van der Waals surface area contributed by atoms with E-state index >= 15 is 0 Å². The van der Waals surface area contributed by atoms with Crippen LogP contribution >= 0.6 is 11.3 Å². The molecule has 5 rings (SSSR count). The number of rotatable bonds is 5. The SMILES string of the molecule is O=C(Nc1nc(C2Cc3cccnc3C2)cs1)c1cccn1Cc1ccncc1. The largest absolute Gasteiger partial charge is 0.339 e. The van der Waals surface area contributed by atoms with Crippen molar-refractivity contribution in [2.45, 2.75) is 25.3 Å². The second kappa shape index (κ2) is 7.60. The Bertz CT molecular complexity index is 1130. The number of aromatic nitrogens is 4. The maximum absolute atomic E-state index is 12.8. The van der Waals surface area contributed by atoms with Crippen LogP contribution < -0.4 is 5.32 Å². The van der Waals surface area contributed by atoms with Gasteiger partial charge in [-0.15, -0.1) is 11.3 Å². The molecule has 7 heteroatoms. The summed E-state index contributed by atoms with van der Waals surface area (Å²) in [6.07, 6.45) is 9.12. The Labute approximate surface area is 172 Å². The molecule has 1 unspecified atom stereocenters. The van der Waals surface area contributed by atoms with Gasteiger partial charge < -0.3 is 4.57 Å². The first kappa shape index (κ1) is 17.8. The summed E-state index contributed by atoms with van der Waals surface area (Å²) in [5.41, 5.74) is 5.18. The zero-order chi connectivity index (χ0) is 19.6. The predicted octanol–water partition coefficient (Wildman–Crippen LogP) is 3.92. The quantitative estimate of drug-likeness (QED) is 0.550. The van der Waals surface area contributed by atoms with E-state index in [2.05, 4.69) is 26.3 Å². The summed E-state index contributed by atoms with van der Waals surface area (Å²) in [4.78, 5) is 26.0. The molecule has 1 aliphatic carbocycles. The van der Waals surface area contributed by atoms with Crippen LogP contribution in [0.2, 0.25) is 0 Å². The number of hydrogen-bond acceptors (Lipinski definition) is 5. The van der Waals surface area contributed by atoms with E-state index in [4.69, 9.17) is 0 Å². The van der Waals surface area contributed by atoms with E-state index in [0.29, 0.717) is 23.3 Å². The summed E-state index contributed by atoms with van der Waals surface area (Å²) < 4.78 is 1.93. The molecule has 0 saturated carbocycles. The molecular weight excluding hydrogens is 382 g/mol. The maximum atomic E-state index is 12.8. The number of anilines is 1. The zero-order valence-electron chi connectivity index (χ0n) is 15.7. The van der Waals surface area contributed by atoms with Crippen molar-refractivity contribution < 1.29 is 4.79 Å². The highest BCUT2D eigenvalue weighted by Gasteiger charge is 2.26. The van der Waals surface area contributed by atoms with Crippen LogP contribution in [0.5, 0.6) is 0 Å². The van der Waals surface area contributed by atoms with Crippen molar-refractivity contribution in [3.8, 4) is 0 Å². The summed E-state index contributed by atoms with van der Waals surface area (Å²) in [6.45, 7) is 0.620. The first-order valence-corrected chi connectivity index (χ1v) is 10.4. The Morgan fingerprint density at radius 1 is 1.14 bits per heavy atom. The van der Waals surface area contributed by atoms with Crippen LogP contribution in [0, 0.1) is 0 Å². The third kappa shape index (κ3) is 3.69. The maximum Gasteiger partial charge on any atom is 0.274 e. The molecule has 0 fully saturated rings. The van der Waals surface area contributed by atoms with Crippen LogP contribution in [0.3, 0.4) is 0 Å². The second-order valence-electron chi connectivity index (χ2n) is 7.12. The Morgan fingerprint density at radius 3 is 2.90 bits per heavy atom. The molecule has 1 N–H and O–H groups in total. The lowest BCUT2D eigenvalue weighted by Crippen LogP contribution is -2.17. The van der Waals surface area contributed by atoms with Crippen LogP contribution in [-0.2, 0) is 19.4 Å². The molecule has 4 heterocycles. The van der Waals surface area contributed by atoms with Crippen molar-refractivity contribution in [3.05, 3.63) is 94.8 Å². The van der Waals surface area contributed by atoms with Gasteiger partial charge in [0.05, 0.1) is 5.69 Å². The topological polar surface area (TPSA) is 72.7 Å². The first-order valence-electron chi connectivity index (χ1n) is 9.50. The number of carbonyl (C=O) groups is 1. The molecular formula is C22H19N5OS. The van der Waals surface area contributed by atoms with E-state index in [1.807, 2.05) is 52.7 Å². The van der Waals surface area contributed by atoms with E-state index in [0.717, 1.165) is 29.8 Å². The Kier molecular flexibility index (Phi) is 4.65. The van der Waals surface area contributed by atoms with E-state index in [9.17, 15) is 4.79 Å². The van der Waals surface area contributed by atoms with Gasteiger partial charge in [-0.05, 0) is 54.3 Å². The van der Waals surface area contributed by atoms with Crippen molar-refractivity contribution in [2.24, 2.45) is 0 Å². The molecule has 0 aromatic carbocycles. The molecule has 1 aliphatic rings. The van der Waals surface area contributed by atoms with Crippen molar-refractivity contribution in [1.29, 1.82) is 0 Å². The molecule has 1 atom stereocenters. The minimum absolute atomic E-state index is 0.152. The van der Waals surface area contributed by atoms with Crippen LogP contribution in [0.1, 0.15) is 38.9 Å². The van der Waals surface area contributed by atoms with Crippen molar-refractivity contribution in [2.75, 3.05) is 5.32 Å². The summed E-state index contributed by atoms with van der Waals surface area (Å²) in [6, 6.07) is 11.7. The Balaban J connectivity index is 1.28. The van der Waals surface area contributed by atoms with Gasteiger partial charge in [0.25, 0.3) is 5.91 Å². The van der Waals surface area contributed by atoms with Crippen LogP contribution in [0.25, 0.3) is 0 Å². The highest BCUT2D eigenvalue weighted by Crippen LogP contribution is 2.34. The fourth-order valence-electron chi connectivity index (χ4n) is 3.76. The molecule has 4 aromatic heterocycles. The highest BCUT2D eigenvalue weighted by atomic mass is 32.1. The van der Waals surface area contributed by atoms with Gasteiger partial charge in [0, 0.05) is 48.3 Å². The Hall–Kier alpha value is -3.32. The number of nitrogens with one attached hydrogen (secondary N) is 1. The predicted molar refractivity (Wildman–Crippen MR) is 112 cm³/mol. The van der Waals surface area contributed by atoms with E-state index in [1.165, 1.54) is 16.9 Å². The summed E-state index contributed by atoms with van der Waals surface area (Å²) in [5, 5.41) is 5.63. The molecule has 1 amide bonds. The van der Waals surface area contributed by atoms with E-state index in [-0.39, 0.29) is 5.91 Å². The second-order valence-corrected chi connectivity index (χ2v) is 7.98. The van der Waals surface area contributed by atoms with E-state index < -0.39 is 0 Å². The van der Waals surface area contributed by atoms with Gasteiger partial charge >= 0.3 is 0 Å². The minimum Gasteiger partial charge on any atom is -0.339 e. The highest BCUT2D eigenvalue weighted by molar-refractivity contribution is 7.14. The van der Waals surface area contributed by atoms with Crippen LogP contribution in [-0.4, -0.2) is 25.4 Å². The van der Waals surface area contributed by atoms with Gasteiger partial charge in [-0.2, -0.15) is 0 Å². The lowest BCUT2D eigenvalue weighted by atomic mass is 10.0. The molecule has 0 saturated heterocycles. The third-order valence-corrected chi connectivity index (χ3v) is 5.99. The monoisotopic (exact) mass is 401 g/mol. The summed E-state index contributed by atoms with van der Waals surface area (Å²) in [5.74, 6) is 0.179. The number of amides is 1. The first-order chi connectivity index (χ1) is 14.3. The van der Waals surface area contributed by atoms with Gasteiger partial charge in [0.15, 0.2) is 5.13 Å². The molecule has 0 bridgehead atoms. The average Bonchev–Trinajstić information content (AvgIpc) is 3.47. The summed E-state index contributed by atoms with van der Waals surface area (Å²) >= 11 is 1.47. The Morgan fingerprint density at radius 2 is 2.03 bits per heavy atom. The fraction of sp³-hybridized carbons (Fsp3) is 0.182. The van der Waals surface area contributed by atoms with Crippen molar-refractivity contribution in [1.82, 2.24) is 19.5 Å². The minimum atomic E-state index is -0.152. The number of fused-ring (bicyclic) bond motifs is 1. The lowest BCUT2D eigenvalue weighted by Gasteiger charge is -2.09. The molecule has 4 aromatic rings. The van der Waals surface area contributed by atoms with Gasteiger partial charge in [-0.3, -0.25) is 20.1 Å². The number of carbonyl (C=O) groups excluding carboxylic acids is 1. The number of pyridine rings is 2. The number of nitrogens with zero attached hydrogens (tertiary/aromatic N) is 4. The van der Waals surface area contributed by atoms with Crippen molar-refractivity contribution >= 4 is 22.4 Å². The molecule has 6 nitrogen and oxygen atoms in total. The van der Waals surface area contributed by atoms with Crippen molar-refractivity contribution in [3.63, 3.8) is 0 Å². The number of thiazole rings is 1. The molecule has 0 radical (unpaired) electrons. The van der Waals surface area contributed by atoms with Gasteiger partial charge in [0.1, 0.15) is 5.69 Å². The average molecular weight is 401 g/mol. The van der Waals surface area contributed by atoms with Crippen LogP contribution in [0.4, 0.5) is 5.13 Å². The smallest absolute Gasteiger partial charge is 0.274 e. The molecule has 144 valence electrons. The molecule has 0 aliphatic heterocycles. The van der Waals surface area contributed by atoms with E-state index in [1.54, 1.807) is 12.4 Å². The van der Waals surface area contributed by atoms with Gasteiger partial charge in [-0.1, -0.05) is 6.07 Å². The normalized spacial score (nSPS) is 15.2. The summed E-state index contributed by atoms with van der Waals surface area (Å²) in [7, 11) is 0. The molecule has 0 spiro atoms. The van der Waals surface area contributed by atoms with Gasteiger partial charge in [-0.25, -0.2) is 4.98 Å². The standard InChI is InChI=1S/C22H19N5OS/c28-21(20-4-2-10-27(20)13-15-5-8-23-9-6-15)26-22-25-19(14-29-22)17-11-16-3-1-7-24-18(16)12-17/h1-10,14,17H,11-13H2,(H,25,26,28). The lowest BCUT2D eigenvalue weighted by molar-refractivity contribution is 0.101.